The average Bonchev–Trinajstić information content (AvgIpc) is 3.39. The number of carbonyl (C=O) groups excluding carboxylic acids is 1. The number of aromatic nitrogens is 6. The second-order valence-electron chi connectivity index (χ2n) is 6.78. The van der Waals surface area contributed by atoms with E-state index in [1.165, 1.54) is 21.6 Å². The topological polar surface area (TPSA) is 137 Å². The third-order valence-corrected chi connectivity index (χ3v) is 5.11. The molecule has 0 radical (unpaired) electrons. The molecule has 4 N–H and O–H groups in total. The number of hydrogen-bond acceptors (Lipinski definition) is 7. The lowest BCUT2D eigenvalue weighted by atomic mass is 10.2. The first-order chi connectivity index (χ1) is 15.4. The van der Waals surface area contributed by atoms with Crippen molar-refractivity contribution in [1.82, 2.24) is 29.4 Å². The average molecular weight is 513 g/mol. The number of ether oxygens (including phenoxy) is 1. The summed E-state index contributed by atoms with van der Waals surface area (Å²) < 4.78 is 8.47. The maximum atomic E-state index is 12.6. The molecule has 11 nitrogen and oxygen atoms in total. The minimum absolute atomic E-state index is 0. The Labute approximate surface area is 204 Å². The molecule has 33 heavy (non-hydrogen) atoms. The fraction of sp³-hybridized carbons (Fsp3) is 0.211. The van der Waals surface area contributed by atoms with E-state index in [1.807, 2.05) is 6.92 Å². The molecule has 4 aromatic heterocycles. The smallest absolute Gasteiger partial charge is 0.323 e. The van der Waals surface area contributed by atoms with Crippen molar-refractivity contribution >= 4 is 58.7 Å². The lowest BCUT2D eigenvalue weighted by Crippen LogP contribution is -2.22. The van der Waals surface area contributed by atoms with Crippen molar-refractivity contribution < 1.29 is 9.53 Å². The van der Waals surface area contributed by atoms with E-state index in [-0.39, 0.29) is 17.6 Å². The number of nitrogens with two attached hydrogens (primary N) is 1. The number of nitrogens with zero attached hydrogens (tertiary/aromatic N) is 6. The second-order valence-corrected chi connectivity index (χ2v) is 7.57. The maximum Gasteiger partial charge on any atom is 0.323 e. The molecule has 0 spiro atoms. The minimum atomic E-state index is -0.524. The molecule has 0 unspecified atom stereocenters. The largest absolute Gasteiger partial charge is 0.375 e. The van der Waals surface area contributed by atoms with Gasteiger partial charge in [-0.1, -0.05) is 23.2 Å². The Kier molecular flexibility index (Phi) is 7.72. The van der Waals surface area contributed by atoms with Gasteiger partial charge in [0.05, 0.1) is 46.8 Å². The van der Waals surface area contributed by atoms with E-state index >= 15 is 0 Å². The van der Waals surface area contributed by atoms with E-state index in [9.17, 15) is 4.79 Å². The molecule has 0 aliphatic rings. The van der Waals surface area contributed by atoms with E-state index < -0.39 is 12.1 Å². The number of fused-ring (bicyclic) bond motifs is 1. The van der Waals surface area contributed by atoms with Crippen LogP contribution in [0.1, 0.15) is 24.3 Å². The van der Waals surface area contributed by atoms with Gasteiger partial charge in [0.2, 0.25) is 0 Å². The van der Waals surface area contributed by atoms with Crippen molar-refractivity contribution in [3.63, 3.8) is 0 Å². The maximum absolute atomic E-state index is 12.6. The number of methoxy groups -OCH3 is 1. The molecule has 4 aromatic rings. The molecule has 0 saturated carbocycles. The van der Waals surface area contributed by atoms with Crippen molar-refractivity contribution in [3.05, 3.63) is 58.4 Å². The predicted octanol–water partition coefficient (Wildman–Crippen LogP) is 3.85. The van der Waals surface area contributed by atoms with E-state index in [0.717, 1.165) is 5.56 Å². The number of rotatable bonds is 6. The standard InChI is InChI=1S/C19H19Cl2N9O2.ClH/c1-10(32-2)17-14(8-23-16-4-15(21)28-30(16)17)27-19(31)26-12-3-13(20)18(24-7-12)29-9-11(5-22)6-25-29;/h3-4,6-10H,5,22H2,1-2H3,(H2,26,27,31);1H/t10-;/m0./s1. The molecule has 0 bridgehead atoms. The van der Waals surface area contributed by atoms with Crippen LogP contribution in [0.3, 0.4) is 0 Å². The van der Waals surface area contributed by atoms with Gasteiger partial charge in [0, 0.05) is 31.5 Å². The Morgan fingerprint density at radius 3 is 2.67 bits per heavy atom. The molecule has 0 aliphatic heterocycles. The van der Waals surface area contributed by atoms with Crippen LogP contribution in [0.4, 0.5) is 16.2 Å². The number of pyridine rings is 1. The van der Waals surface area contributed by atoms with Gasteiger partial charge in [-0.05, 0) is 13.0 Å². The molecule has 4 rings (SSSR count). The predicted molar refractivity (Wildman–Crippen MR) is 128 cm³/mol. The molecule has 4 heterocycles. The number of amides is 2. The van der Waals surface area contributed by atoms with Gasteiger partial charge in [0.1, 0.15) is 0 Å². The van der Waals surface area contributed by atoms with Gasteiger partial charge in [0.25, 0.3) is 0 Å². The van der Waals surface area contributed by atoms with Crippen LogP contribution in [0.15, 0.2) is 36.9 Å². The van der Waals surface area contributed by atoms with Crippen molar-refractivity contribution in [2.24, 2.45) is 5.73 Å². The van der Waals surface area contributed by atoms with E-state index in [2.05, 4.69) is 30.8 Å². The highest BCUT2D eigenvalue weighted by atomic mass is 35.5. The van der Waals surface area contributed by atoms with Crippen LogP contribution in [0, 0.1) is 0 Å². The molecule has 2 amide bonds. The SMILES string of the molecule is CO[C@@H](C)c1c(NC(=O)Nc2cnc(-n3cc(CN)cn3)c(Cl)c2)cnc2cc(Cl)nn12.Cl. The molecular formula is C19H20Cl3N9O2. The molecule has 0 aromatic carbocycles. The fourth-order valence-corrected chi connectivity index (χ4v) is 3.48. The third kappa shape index (κ3) is 5.18. The van der Waals surface area contributed by atoms with Gasteiger partial charge in [-0.25, -0.2) is 24.0 Å². The van der Waals surface area contributed by atoms with E-state index in [1.54, 1.807) is 31.6 Å². The van der Waals surface area contributed by atoms with Gasteiger partial charge in [0.15, 0.2) is 16.6 Å². The van der Waals surface area contributed by atoms with Gasteiger partial charge >= 0.3 is 6.03 Å². The van der Waals surface area contributed by atoms with E-state index in [4.69, 9.17) is 33.7 Å². The number of hydrogen-bond donors (Lipinski definition) is 3. The summed E-state index contributed by atoms with van der Waals surface area (Å²) in [6.07, 6.45) is 5.96. The molecule has 0 fully saturated rings. The van der Waals surface area contributed by atoms with Crippen LogP contribution in [-0.2, 0) is 11.3 Å². The Morgan fingerprint density at radius 1 is 1.21 bits per heavy atom. The Balaban J connectivity index is 0.00000306. The number of anilines is 2. The Morgan fingerprint density at radius 2 is 2.00 bits per heavy atom. The van der Waals surface area contributed by atoms with Crippen LogP contribution in [0.5, 0.6) is 0 Å². The zero-order valence-electron chi connectivity index (χ0n) is 17.5. The summed E-state index contributed by atoms with van der Waals surface area (Å²) in [7, 11) is 1.55. The molecule has 14 heteroatoms. The molecule has 0 saturated heterocycles. The minimum Gasteiger partial charge on any atom is -0.375 e. The van der Waals surface area contributed by atoms with E-state index in [0.29, 0.717) is 40.1 Å². The molecule has 1 atom stereocenters. The lowest BCUT2D eigenvalue weighted by molar-refractivity contribution is 0.114. The van der Waals surface area contributed by atoms with Crippen molar-refractivity contribution in [1.29, 1.82) is 0 Å². The summed E-state index contributed by atoms with van der Waals surface area (Å²) in [6.45, 7) is 2.17. The highest BCUT2D eigenvalue weighted by Gasteiger charge is 2.19. The summed E-state index contributed by atoms with van der Waals surface area (Å²) in [6, 6.07) is 2.66. The van der Waals surface area contributed by atoms with Crippen LogP contribution in [0.2, 0.25) is 10.2 Å². The zero-order chi connectivity index (χ0) is 22.8. The lowest BCUT2D eigenvalue weighted by Gasteiger charge is -2.17. The highest BCUT2D eigenvalue weighted by molar-refractivity contribution is 6.32. The highest BCUT2D eigenvalue weighted by Crippen LogP contribution is 2.27. The van der Waals surface area contributed by atoms with Gasteiger partial charge < -0.3 is 21.1 Å². The Bertz CT molecular complexity index is 1290. The van der Waals surface area contributed by atoms with Crippen LogP contribution in [0.25, 0.3) is 11.5 Å². The Hall–Kier alpha value is -2.96. The van der Waals surface area contributed by atoms with Crippen LogP contribution >= 0.6 is 35.6 Å². The molecule has 0 aliphatic carbocycles. The van der Waals surface area contributed by atoms with Gasteiger partial charge in [-0.15, -0.1) is 12.4 Å². The first-order valence-corrected chi connectivity index (χ1v) is 10.2. The summed E-state index contributed by atoms with van der Waals surface area (Å²) in [5.41, 5.74) is 8.36. The van der Waals surface area contributed by atoms with Gasteiger partial charge in [-0.3, -0.25) is 0 Å². The molecule has 174 valence electrons. The fourth-order valence-electron chi connectivity index (χ4n) is 3.06. The first kappa shape index (κ1) is 24.7. The van der Waals surface area contributed by atoms with Crippen molar-refractivity contribution in [3.8, 4) is 5.82 Å². The monoisotopic (exact) mass is 511 g/mol. The summed E-state index contributed by atoms with van der Waals surface area (Å²) in [4.78, 5) is 21.2. The van der Waals surface area contributed by atoms with Crippen LogP contribution in [-0.4, -0.2) is 42.5 Å². The summed E-state index contributed by atoms with van der Waals surface area (Å²) >= 11 is 12.3. The summed E-state index contributed by atoms with van der Waals surface area (Å²) in [5.74, 6) is 0.416. The van der Waals surface area contributed by atoms with Crippen molar-refractivity contribution in [2.75, 3.05) is 17.7 Å². The zero-order valence-corrected chi connectivity index (χ0v) is 19.8. The number of nitrogens with one attached hydrogen (secondary N) is 2. The van der Waals surface area contributed by atoms with Crippen LogP contribution < -0.4 is 16.4 Å². The number of carbonyl (C=O) groups is 1. The number of urea groups is 1. The van der Waals surface area contributed by atoms with Crippen molar-refractivity contribution in [2.45, 2.75) is 19.6 Å². The number of halogens is 3. The molecular weight excluding hydrogens is 493 g/mol. The first-order valence-electron chi connectivity index (χ1n) is 9.44. The third-order valence-electron chi connectivity index (χ3n) is 4.65. The second kappa shape index (κ2) is 10.3. The summed E-state index contributed by atoms with van der Waals surface area (Å²) in [5, 5.41) is 14.4. The normalized spacial score (nSPS) is 11.8. The quantitative estimate of drug-likeness (QED) is 0.357. The van der Waals surface area contributed by atoms with Gasteiger partial charge in [-0.2, -0.15) is 10.2 Å².